The Hall–Kier alpha value is -1.56. The monoisotopic (exact) mass is 328 g/mol. The molecule has 0 saturated carbocycles. The summed E-state index contributed by atoms with van der Waals surface area (Å²) in [5, 5.41) is 2.89. The van der Waals surface area contributed by atoms with Crippen LogP contribution in [-0.4, -0.2) is 36.6 Å². The third-order valence-corrected chi connectivity index (χ3v) is 4.47. The van der Waals surface area contributed by atoms with Crippen molar-refractivity contribution in [3.05, 3.63) is 29.3 Å². The lowest BCUT2D eigenvalue weighted by Crippen LogP contribution is -2.40. The van der Waals surface area contributed by atoms with Crippen LogP contribution in [0.25, 0.3) is 0 Å². The second-order valence-electron chi connectivity index (χ2n) is 6.33. The molecule has 0 radical (unpaired) electrons. The number of hydrogen-bond donors (Lipinski definition) is 1. The summed E-state index contributed by atoms with van der Waals surface area (Å²) in [6, 6.07) is 5.73. The Morgan fingerprint density at radius 3 is 2.52 bits per heavy atom. The number of nitrogens with one attached hydrogen (secondary N) is 1. The number of rotatable bonds is 4. The van der Waals surface area contributed by atoms with Crippen LogP contribution in [0.15, 0.2) is 18.2 Å². The Balaban J connectivity index is 1.80. The number of benzene rings is 1. The largest absolute Gasteiger partial charge is 0.389 e. The van der Waals surface area contributed by atoms with Crippen molar-refractivity contribution in [2.75, 3.05) is 25.0 Å². The van der Waals surface area contributed by atoms with Gasteiger partial charge in [-0.3, -0.25) is 9.69 Å². The SMILES string of the molecule is Cc1cccc(NC(=O)CN2CCC(CC(F)(F)F)CC2)c1C. The van der Waals surface area contributed by atoms with Gasteiger partial charge in [-0.1, -0.05) is 12.1 Å². The van der Waals surface area contributed by atoms with Crippen molar-refractivity contribution < 1.29 is 18.0 Å². The predicted molar refractivity (Wildman–Crippen MR) is 84.4 cm³/mol. The average molecular weight is 328 g/mol. The molecule has 128 valence electrons. The van der Waals surface area contributed by atoms with E-state index in [1.807, 2.05) is 36.9 Å². The smallest absolute Gasteiger partial charge is 0.325 e. The molecule has 0 aliphatic carbocycles. The molecule has 0 unspecified atom stereocenters. The molecule has 0 bridgehead atoms. The quantitative estimate of drug-likeness (QED) is 0.909. The zero-order valence-corrected chi connectivity index (χ0v) is 13.5. The Bertz CT molecular complexity index is 549. The molecule has 1 aliphatic rings. The van der Waals surface area contributed by atoms with Crippen molar-refractivity contribution >= 4 is 11.6 Å². The Morgan fingerprint density at radius 2 is 1.91 bits per heavy atom. The van der Waals surface area contributed by atoms with Gasteiger partial charge in [-0.05, 0) is 62.9 Å². The summed E-state index contributed by atoms with van der Waals surface area (Å²) in [6.07, 6.45) is -3.81. The molecule has 1 N–H and O–H groups in total. The van der Waals surface area contributed by atoms with E-state index in [0.29, 0.717) is 25.9 Å². The van der Waals surface area contributed by atoms with E-state index in [0.717, 1.165) is 16.8 Å². The van der Waals surface area contributed by atoms with Crippen LogP contribution in [0.5, 0.6) is 0 Å². The minimum Gasteiger partial charge on any atom is -0.325 e. The first-order valence-electron chi connectivity index (χ1n) is 7.90. The van der Waals surface area contributed by atoms with Crippen LogP contribution in [0.3, 0.4) is 0 Å². The van der Waals surface area contributed by atoms with Gasteiger partial charge >= 0.3 is 6.18 Å². The normalized spacial score (nSPS) is 17.3. The molecule has 0 aromatic heterocycles. The number of amides is 1. The number of piperidine rings is 1. The molecule has 2 rings (SSSR count). The summed E-state index contributed by atoms with van der Waals surface area (Å²) in [5.41, 5.74) is 2.93. The number of halogens is 3. The number of alkyl halides is 3. The highest BCUT2D eigenvalue weighted by Gasteiger charge is 2.33. The van der Waals surface area contributed by atoms with Crippen LogP contribution in [0, 0.1) is 19.8 Å². The molecule has 0 atom stereocenters. The van der Waals surface area contributed by atoms with Crippen LogP contribution in [0.2, 0.25) is 0 Å². The van der Waals surface area contributed by atoms with Gasteiger partial charge in [-0.2, -0.15) is 13.2 Å². The van der Waals surface area contributed by atoms with Crippen LogP contribution in [-0.2, 0) is 4.79 Å². The topological polar surface area (TPSA) is 32.3 Å². The minimum absolute atomic E-state index is 0.118. The lowest BCUT2D eigenvalue weighted by atomic mass is 9.93. The minimum atomic E-state index is -4.09. The van der Waals surface area contributed by atoms with E-state index in [1.54, 1.807) is 0 Å². The van der Waals surface area contributed by atoms with Gasteiger partial charge in [0, 0.05) is 12.1 Å². The fourth-order valence-electron chi connectivity index (χ4n) is 2.96. The summed E-state index contributed by atoms with van der Waals surface area (Å²) < 4.78 is 37.1. The van der Waals surface area contributed by atoms with E-state index in [9.17, 15) is 18.0 Å². The number of carbonyl (C=O) groups is 1. The maximum absolute atomic E-state index is 12.4. The molecule has 23 heavy (non-hydrogen) atoms. The Morgan fingerprint density at radius 1 is 1.26 bits per heavy atom. The van der Waals surface area contributed by atoms with Gasteiger partial charge in [0.25, 0.3) is 0 Å². The van der Waals surface area contributed by atoms with E-state index in [4.69, 9.17) is 0 Å². The summed E-state index contributed by atoms with van der Waals surface area (Å²) in [4.78, 5) is 14.0. The van der Waals surface area contributed by atoms with Gasteiger partial charge in [0.15, 0.2) is 0 Å². The molecule has 1 aliphatic heterocycles. The third kappa shape index (κ3) is 5.53. The number of likely N-dealkylation sites (tertiary alicyclic amines) is 1. The highest BCUT2D eigenvalue weighted by atomic mass is 19.4. The third-order valence-electron chi connectivity index (χ3n) is 4.47. The first kappa shape index (κ1) is 17.8. The molecule has 1 fully saturated rings. The van der Waals surface area contributed by atoms with Crippen molar-refractivity contribution in [2.45, 2.75) is 39.3 Å². The predicted octanol–water partition coefficient (Wildman–Crippen LogP) is 3.91. The number of nitrogens with zero attached hydrogens (tertiary/aromatic N) is 1. The van der Waals surface area contributed by atoms with Gasteiger partial charge in [-0.25, -0.2) is 0 Å². The van der Waals surface area contributed by atoms with Crippen molar-refractivity contribution in [3.63, 3.8) is 0 Å². The van der Waals surface area contributed by atoms with E-state index >= 15 is 0 Å². The van der Waals surface area contributed by atoms with Gasteiger partial charge < -0.3 is 5.32 Å². The van der Waals surface area contributed by atoms with Crippen molar-refractivity contribution in [1.29, 1.82) is 0 Å². The summed E-state index contributed by atoms with van der Waals surface area (Å²) in [6.45, 7) is 5.25. The van der Waals surface area contributed by atoms with Gasteiger partial charge in [0.2, 0.25) is 5.91 Å². The van der Waals surface area contributed by atoms with Crippen molar-refractivity contribution in [3.8, 4) is 0 Å². The Kier molecular flexibility index (Phi) is 5.68. The molecular formula is C17H23F3N2O. The van der Waals surface area contributed by atoms with E-state index < -0.39 is 12.6 Å². The highest BCUT2D eigenvalue weighted by molar-refractivity contribution is 5.93. The zero-order valence-electron chi connectivity index (χ0n) is 13.5. The molecule has 1 aromatic rings. The molecule has 3 nitrogen and oxygen atoms in total. The number of hydrogen-bond acceptors (Lipinski definition) is 2. The molecular weight excluding hydrogens is 305 g/mol. The summed E-state index contributed by atoms with van der Waals surface area (Å²) in [5.74, 6) is -0.429. The first-order chi connectivity index (χ1) is 10.7. The van der Waals surface area contributed by atoms with Crippen LogP contribution < -0.4 is 5.32 Å². The summed E-state index contributed by atoms with van der Waals surface area (Å²) >= 11 is 0. The van der Waals surface area contributed by atoms with Crippen molar-refractivity contribution in [2.24, 2.45) is 5.92 Å². The van der Waals surface area contributed by atoms with Gasteiger partial charge in [0.1, 0.15) is 0 Å². The number of anilines is 1. The molecule has 1 amide bonds. The molecule has 1 saturated heterocycles. The maximum atomic E-state index is 12.4. The first-order valence-corrected chi connectivity index (χ1v) is 7.90. The Labute approximate surface area is 134 Å². The fourth-order valence-corrected chi connectivity index (χ4v) is 2.96. The maximum Gasteiger partial charge on any atom is 0.389 e. The van der Waals surface area contributed by atoms with Crippen LogP contribution >= 0.6 is 0 Å². The van der Waals surface area contributed by atoms with E-state index in [1.165, 1.54) is 0 Å². The molecule has 1 heterocycles. The van der Waals surface area contributed by atoms with Crippen LogP contribution in [0.1, 0.15) is 30.4 Å². The lowest BCUT2D eigenvalue weighted by molar-refractivity contribution is -0.147. The standard InChI is InChI=1S/C17H23F3N2O/c1-12-4-3-5-15(13(12)2)21-16(23)11-22-8-6-14(7-9-22)10-17(18,19)20/h3-5,14H,6-11H2,1-2H3,(H,21,23). The zero-order chi connectivity index (χ0) is 17.0. The van der Waals surface area contributed by atoms with E-state index in [2.05, 4.69) is 5.32 Å². The van der Waals surface area contributed by atoms with Gasteiger partial charge in [-0.15, -0.1) is 0 Å². The summed E-state index contributed by atoms with van der Waals surface area (Å²) in [7, 11) is 0. The molecule has 0 spiro atoms. The second kappa shape index (κ2) is 7.34. The van der Waals surface area contributed by atoms with Crippen molar-refractivity contribution in [1.82, 2.24) is 4.90 Å². The average Bonchev–Trinajstić information content (AvgIpc) is 2.44. The highest BCUT2D eigenvalue weighted by Crippen LogP contribution is 2.30. The van der Waals surface area contributed by atoms with Crippen LogP contribution in [0.4, 0.5) is 18.9 Å². The number of carbonyl (C=O) groups excluding carboxylic acids is 1. The number of aryl methyl sites for hydroxylation is 1. The van der Waals surface area contributed by atoms with E-state index in [-0.39, 0.29) is 18.4 Å². The molecule has 6 heteroatoms. The molecule has 1 aromatic carbocycles. The fraction of sp³-hybridized carbons (Fsp3) is 0.588. The second-order valence-corrected chi connectivity index (χ2v) is 6.33. The van der Waals surface area contributed by atoms with Gasteiger partial charge in [0.05, 0.1) is 6.54 Å². The lowest BCUT2D eigenvalue weighted by Gasteiger charge is -2.31.